The number of rotatable bonds is 5. The van der Waals surface area contributed by atoms with Crippen LogP contribution in [0.3, 0.4) is 0 Å². The van der Waals surface area contributed by atoms with Gasteiger partial charge >= 0.3 is 0 Å². The average molecular weight is 345 g/mol. The normalized spacial score (nSPS) is 10.4. The molecule has 0 radical (unpaired) electrons. The van der Waals surface area contributed by atoms with E-state index in [-0.39, 0.29) is 23.1 Å². The van der Waals surface area contributed by atoms with Crippen LogP contribution in [-0.2, 0) is 6.61 Å². The molecule has 3 rings (SSSR count). The van der Waals surface area contributed by atoms with Crippen LogP contribution in [0.2, 0.25) is 5.02 Å². The third-order valence-electron chi connectivity index (χ3n) is 3.15. The van der Waals surface area contributed by atoms with Gasteiger partial charge in [0.2, 0.25) is 5.76 Å². The van der Waals surface area contributed by atoms with Gasteiger partial charge in [-0.2, -0.15) is 0 Å². The van der Waals surface area contributed by atoms with Crippen molar-refractivity contribution in [2.24, 2.45) is 0 Å². The van der Waals surface area contributed by atoms with E-state index in [1.807, 2.05) is 30.3 Å². The largest absolute Gasteiger partial charge is 0.506 e. The van der Waals surface area contributed by atoms with Crippen molar-refractivity contribution in [1.82, 2.24) is 5.16 Å². The second-order valence-corrected chi connectivity index (χ2v) is 5.36. The number of amides is 1. The molecule has 0 aliphatic carbocycles. The fourth-order valence-electron chi connectivity index (χ4n) is 1.96. The number of hydrogen-bond acceptors (Lipinski definition) is 5. The van der Waals surface area contributed by atoms with Gasteiger partial charge in [0, 0.05) is 5.02 Å². The van der Waals surface area contributed by atoms with Gasteiger partial charge in [0.25, 0.3) is 11.8 Å². The standard InChI is InChI=1S/C17H13ClN2O4/c18-12-6-7-14(21)13(8-12)19-17(22)15-9-16(20-24-15)23-10-11-4-2-1-3-5-11/h1-9,21H,10H2,(H,19,22). The van der Waals surface area contributed by atoms with Crippen molar-refractivity contribution in [2.75, 3.05) is 5.32 Å². The molecule has 6 nitrogen and oxygen atoms in total. The first-order valence-electron chi connectivity index (χ1n) is 7.05. The van der Waals surface area contributed by atoms with E-state index in [0.29, 0.717) is 11.6 Å². The monoisotopic (exact) mass is 344 g/mol. The highest BCUT2D eigenvalue weighted by molar-refractivity contribution is 6.31. The number of phenolic OH excluding ortho intramolecular Hbond substituents is 1. The van der Waals surface area contributed by atoms with Crippen LogP contribution in [0.15, 0.2) is 59.1 Å². The number of hydrogen-bond donors (Lipinski definition) is 2. The topological polar surface area (TPSA) is 84.6 Å². The van der Waals surface area contributed by atoms with Crippen molar-refractivity contribution in [3.8, 4) is 11.6 Å². The summed E-state index contributed by atoms with van der Waals surface area (Å²) < 4.78 is 10.4. The number of aromatic hydroxyl groups is 1. The molecule has 24 heavy (non-hydrogen) atoms. The van der Waals surface area contributed by atoms with Gasteiger partial charge in [-0.05, 0) is 28.9 Å². The molecule has 0 fully saturated rings. The lowest BCUT2D eigenvalue weighted by molar-refractivity contribution is 0.0987. The summed E-state index contributed by atoms with van der Waals surface area (Å²) in [7, 11) is 0. The second-order valence-electron chi connectivity index (χ2n) is 4.92. The zero-order valence-corrected chi connectivity index (χ0v) is 13.2. The van der Waals surface area contributed by atoms with E-state index >= 15 is 0 Å². The number of halogens is 1. The Kier molecular flexibility index (Phi) is 4.67. The first-order chi connectivity index (χ1) is 11.6. The molecule has 3 aromatic rings. The number of carbonyl (C=O) groups is 1. The van der Waals surface area contributed by atoms with Gasteiger partial charge in [0.05, 0.1) is 11.8 Å². The predicted molar refractivity (Wildman–Crippen MR) is 88.3 cm³/mol. The van der Waals surface area contributed by atoms with Crippen molar-refractivity contribution in [2.45, 2.75) is 6.61 Å². The Morgan fingerprint density at radius 3 is 2.79 bits per heavy atom. The first kappa shape index (κ1) is 15.9. The Balaban J connectivity index is 1.64. The molecule has 0 spiro atoms. The Bertz CT molecular complexity index is 849. The van der Waals surface area contributed by atoms with Crippen LogP contribution in [-0.4, -0.2) is 16.2 Å². The third kappa shape index (κ3) is 3.85. The minimum Gasteiger partial charge on any atom is -0.506 e. The molecule has 0 saturated carbocycles. The zero-order chi connectivity index (χ0) is 16.9. The van der Waals surface area contributed by atoms with Crippen LogP contribution in [0.25, 0.3) is 0 Å². The van der Waals surface area contributed by atoms with E-state index in [4.69, 9.17) is 20.9 Å². The summed E-state index contributed by atoms with van der Waals surface area (Å²) in [5.74, 6) is -0.529. The van der Waals surface area contributed by atoms with Crippen molar-refractivity contribution in [3.05, 3.63) is 70.9 Å². The van der Waals surface area contributed by atoms with Crippen LogP contribution >= 0.6 is 11.6 Å². The number of phenols is 1. The minimum atomic E-state index is -0.574. The highest BCUT2D eigenvalue weighted by Crippen LogP contribution is 2.27. The van der Waals surface area contributed by atoms with Crippen molar-refractivity contribution in [3.63, 3.8) is 0 Å². The molecule has 1 amide bonds. The summed E-state index contributed by atoms with van der Waals surface area (Å²) >= 11 is 5.83. The second kappa shape index (κ2) is 7.06. The molecule has 1 heterocycles. The van der Waals surface area contributed by atoms with Gasteiger partial charge in [-0.15, -0.1) is 0 Å². The zero-order valence-electron chi connectivity index (χ0n) is 12.4. The molecule has 122 valence electrons. The molecular formula is C17H13ClN2O4. The lowest BCUT2D eigenvalue weighted by Gasteiger charge is -2.05. The molecule has 0 aliphatic heterocycles. The minimum absolute atomic E-state index is 0.0440. The van der Waals surface area contributed by atoms with Gasteiger partial charge in [-0.3, -0.25) is 4.79 Å². The lowest BCUT2D eigenvalue weighted by Crippen LogP contribution is -2.11. The Labute approximate surface area is 142 Å². The summed E-state index contributed by atoms with van der Waals surface area (Å²) in [5, 5.41) is 16.3. The van der Waals surface area contributed by atoms with Crippen molar-refractivity contribution < 1.29 is 19.2 Å². The lowest BCUT2D eigenvalue weighted by atomic mass is 10.2. The van der Waals surface area contributed by atoms with E-state index in [0.717, 1.165) is 5.56 Å². The molecule has 2 N–H and O–H groups in total. The fraction of sp³-hybridized carbons (Fsp3) is 0.0588. The SMILES string of the molecule is O=C(Nc1cc(Cl)ccc1O)c1cc(OCc2ccccc2)no1. The Hall–Kier alpha value is -2.99. The van der Waals surface area contributed by atoms with Crippen molar-refractivity contribution >= 4 is 23.2 Å². The maximum Gasteiger partial charge on any atom is 0.294 e. The molecule has 0 atom stereocenters. The number of nitrogens with one attached hydrogen (secondary N) is 1. The molecule has 1 aromatic heterocycles. The summed E-state index contributed by atoms with van der Waals surface area (Å²) in [4.78, 5) is 12.1. The van der Waals surface area contributed by atoms with Crippen LogP contribution in [0.4, 0.5) is 5.69 Å². The van der Waals surface area contributed by atoms with Crippen LogP contribution in [0, 0.1) is 0 Å². The number of aromatic nitrogens is 1. The molecule has 0 saturated heterocycles. The van der Waals surface area contributed by atoms with Crippen LogP contribution < -0.4 is 10.1 Å². The summed E-state index contributed by atoms with van der Waals surface area (Å²) in [5.41, 5.74) is 1.14. The summed E-state index contributed by atoms with van der Waals surface area (Å²) in [6, 6.07) is 15.2. The maximum atomic E-state index is 12.1. The van der Waals surface area contributed by atoms with Gasteiger partial charge in [0.15, 0.2) is 0 Å². The maximum absolute atomic E-state index is 12.1. The number of carbonyl (C=O) groups excluding carboxylic acids is 1. The summed E-state index contributed by atoms with van der Waals surface area (Å²) in [6.07, 6.45) is 0. The van der Waals surface area contributed by atoms with Crippen molar-refractivity contribution in [1.29, 1.82) is 0 Å². The molecule has 0 aliphatic rings. The smallest absolute Gasteiger partial charge is 0.294 e. The van der Waals surface area contributed by atoms with Gasteiger partial charge in [0.1, 0.15) is 12.4 Å². The highest BCUT2D eigenvalue weighted by Gasteiger charge is 2.16. The number of benzene rings is 2. The molecular weight excluding hydrogens is 332 g/mol. The number of anilines is 1. The summed E-state index contributed by atoms with van der Waals surface area (Å²) in [6.45, 7) is 0.309. The van der Waals surface area contributed by atoms with Gasteiger partial charge in [-0.1, -0.05) is 41.9 Å². The van der Waals surface area contributed by atoms with E-state index in [1.54, 1.807) is 0 Å². The fourth-order valence-corrected chi connectivity index (χ4v) is 2.13. The van der Waals surface area contributed by atoms with Gasteiger partial charge < -0.3 is 19.7 Å². The van der Waals surface area contributed by atoms with Crippen LogP contribution in [0.1, 0.15) is 16.1 Å². The predicted octanol–water partition coefficient (Wildman–Crippen LogP) is 3.86. The van der Waals surface area contributed by atoms with Crippen LogP contribution in [0.5, 0.6) is 11.6 Å². The third-order valence-corrected chi connectivity index (χ3v) is 3.38. The Morgan fingerprint density at radius 1 is 1.21 bits per heavy atom. The van der Waals surface area contributed by atoms with E-state index in [1.165, 1.54) is 24.3 Å². The van der Waals surface area contributed by atoms with E-state index in [9.17, 15) is 9.90 Å². The van der Waals surface area contributed by atoms with E-state index in [2.05, 4.69) is 10.5 Å². The highest BCUT2D eigenvalue weighted by atomic mass is 35.5. The number of ether oxygens (including phenoxy) is 1. The molecule has 0 unspecified atom stereocenters. The Morgan fingerprint density at radius 2 is 2.00 bits per heavy atom. The molecule has 0 bridgehead atoms. The average Bonchev–Trinajstić information content (AvgIpc) is 3.06. The van der Waals surface area contributed by atoms with Gasteiger partial charge in [-0.25, -0.2) is 0 Å². The first-order valence-corrected chi connectivity index (χ1v) is 7.43. The number of nitrogens with zero attached hydrogens (tertiary/aromatic N) is 1. The molecule has 2 aromatic carbocycles. The van der Waals surface area contributed by atoms with E-state index < -0.39 is 5.91 Å². The quantitative estimate of drug-likeness (QED) is 0.686. The molecule has 7 heteroatoms.